The Balaban J connectivity index is 1.98. The lowest BCUT2D eigenvalue weighted by atomic mass is 10.0. The Morgan fingerprint density at radius 3 is 2.32 bits per heavy atom. The van der Waals surface area contributed by atoms with Crippen molar-refractivity contribution >= 4 is 28.8 Å². The van der Waals surface area contributed by atoms with Crippen molar-refractivity contribution in [3.8, 4) is 0 Å². The third-order valence-electron chi connectivity index (χ3n) is 4.31. The van der Waals surface area contributed by atoms with Gasteiger partial charge in [-0.05, 0) is 36.2 Å². The molecule has 8 nitrogen and oxygen atoms in total. The number of carbonyl (C=O) groups is 2. The Morgan fingerprint density at radius 2 is 1.71 bits per heavy atom. The zero-order valence-electron chi connectivity index (χ0n) is 15.3. The highest BCUT2D eigenvalue weighted by atomic mass is 16.6. The molecule has 0 saturated heterocycles. The fourth-order valence-corrected chi connectivity index (χ4v) is 2.95. The Labute approximate surface area is 161 Å². The van der Waals surface area contributed by atoms with Gasteiger partial charge in [-0.15, -0.1) is 0 Å². The average Bonchev–Trinajstić information content (AvgIpc) is 2.93. The maximum absolute atomic E-state index is 13.0. The number of carbonyl (C=O) groups excluding carboxylic acids is 2. The van der Waals surface area contributed by atoms with Gasteiger partial charge in [0.2, 0.25) is 0 Å². The third kappa shape index (κ3) is 3.91. The highest BCUT2D eigenvalue weighted by Gasteiger charge is 2.38. The van der Waals surface area contributed by atoms with Crippen molar-refractivity contribution in [3.05, 3.63) is 76.0 Å². The molecule has 0 aromatic heterocycles. The van der Waals surface area contributed by atoms with Gasteiger partial charge < -0.3 is 10.1 Å². The normalized spacial score (nSPS) is 14.0. The number of methoxy groups -OCH3 is 1. The van der Waals surface area contributed by atoms with Gasteiger partial charge in [0.15, 0.2) is 0 Å². The summed E-state index contributed by atoms with van der Waals surface area (Å²) in [4.78, 5) is 37.4. The number of anilines is 1. The molecule has 28 heavy (non-hydrogen) atoms. The van der Waals surface area contributed by atoms with Gasteiger partial charge in [0.25, 0.3) is 17.5 Å². The number of rotatable bonds is 8. The monoisotopic (exact) mass is 381 g/mol. The third-order valence-corrected chi connectivity index (χ3v) is 4.31. The summed E-state index contributed by atoms with van der Waals surface area (Å²) in [5, 5.41) is 13.9. The van der Waals surface area contributed by atoms with Crippen molar-refractivity contribution in [2.45, 2.75) is 6.42 Å². The predicted molar refractivity (Wildman–Crippen MR) is 103 cm³/mol. The van der Waals surface area contributed by atoms with Crippen LogP contribution in [0.4, 0.5) is 11.4 Å². The number of hydrogen-bond donors (Lipinski definition) is 1. The molecule has 144 valence electrons. The second-order valence-corrected chi connectivity index (χ2v) is 6.15. The van der Waals surface area contributed by atoms with E-state index in [0.717, 1.165) is 0 Å². The van der Waals surface area contributed by atoms with Crippen LogP contribution in [-0.2, 0) is 14.3 Å². The smallest absolute Gasteiger partial charge is 0.278 e. The van der Waals surface area contributed by atoms with Crippen LogP contribution in [-0.4, -0.2) is 41.9 Å². The number of ether oxygens (including phenoxy) is 1. The van der Waals surface area contributed by atoms with Gasteiger partial charge in [-0.2, -0.15) is 0 Å². The summed E-state index contributed by atoms with van der Waals surface area (Å²) < 4.78 is 5.00. The lowest BCUT2D eigenvalue weighted by Crippen LogP contribution is -2.33. The first-order chi connectivity index (χ1) is 13.5. The summed E-state index contributed by atoms with van der Waals surface area (Å²) in [6, 6.07) is 14.6. The summed E-state index contributed by atoms with van der Waals surface area (Å²) in [6.07, 6.45) is 0.514. The van der Waals surface area contributed by atoms with Crippen LogP contribution in [0.1, 0.15) is 12.0 Å². The van der Waals surface area contributed by atoms with Crippen molar-refractivity contribution in [3.63, 3.8) is 0 Å². The van der Waals surface area contributed by atoms with E-state index in [1.807, 2.05) is 18.2 Å². The number of non-ortho nitro benzene ring substituents is 1. The number of nitro benzene ring substituents is 1. The molecule has 0 aliphatic carbocycles. The average molecular weight is 381 g/mol. The molecule has 1 aliphatic heterocycles. The fraction of sp³-hybridized carbons (Fsp3) is 0.200. The molecular weight excluding hydrogens is 362 g/mol. The number of nitro groups is 1. The Morgan fingerprint density at radius 1 is 1.04 bits per heavy atom. The molecule has 0 bridgehead atoms. The van der Waals surface area contributed by atoms with Crippen molar-refractivity contribution in [2.75, 3.05) is 25.6 Å². The lowest BCUT2D eigenvalue weighted by molar-refractivity contribution is -0.384. The Hall–Kier alpha value is -3.52. The van der Waals surface area contributed by atoms with E-state index >= 15 is 0 Å². The molecule has 1 heterocycles. The van der Waals surface area contributed by atoms with Crippen molar-refractivity contribution < 1.29 is 19.2 Å². The molecule has 2 aromatic rings. The van der Waals surface area contributed by atoms with Gasteiger partial charge in [-0.3, -0.25) is 24.6 Å². The number of benzene rings is 2. The minimum Gasteiger partial charge on any atom is -0.385 e. The summed E-state index contributed by atoms with van der Waals surface area (Å²) >= 11 is 0. The number of hydrogen-bond acceptors (Lipinski definition) is 6. The first-order valence-electron chi connectivity index (χ1n) is 8.69. The van der Waals surface area contributed by atoms with E-state index in [9.17, 15) is 19.7 Å². The van der Waals surface area contributed by atoms with Crippen molar-refractivity contribution in [2.24, 2.45) is 0 Å². The van der Waals surface area contributed by atoms with E-state index in [2.05, 4.69) is 5.32 Å². The van der Waals surface area contributed by atoms with E-state index in [0.29, 0.717) is 24.3 Å². The second kappa shape index (κ2) is 8.45. The molecular formula is C20H19N3O5. The van der Waals surface area contributed by atoms with Crippen LogP contribution in [0.3, 0.4) is 0 Å². The molecule has 1 N–H and O–H groups in total. The zero-order valence-corrected chi connectivity index (χ0v) is 15.3. The Bertz CT molecular complexity index is 923. The standard InChI is InChI=1S/C20H19N3O5/c1-28-13-5-12-22-19(24)17(14-8-10-16(11-9-14)23(26)27)18(20(22)25)21-15-6-3-2-4-7-15/h2-4,6-11,21H,5,12-13H2,1H3. The quantitative estimate of drug-likeness (QED) is 0.326. The van der Waals surface area contributed by atoms with Crippen molar-refractivity contribution in [1.82, 2.24) is 4.90 Å². The summed E-state index contributed by atoms with van der Waals surface area (Å²) in [5.74, 6) is -0.869. The maximum Gasteiger partial charge on any atom is 0.278 e. The number of para-hydroxylation sites is 1. The highest BCUT2D eigenvalue weighted by Crippen LogP contribution is 2.31. The van der Waals surface area contributed by atoms with E-state index < -0.39 is 16.7 Å². The number of nitrogens with zero attached hydrogens (tertiary/aromatic N) is 2. The predicted octanol–water partition coefficient (Wildman–Crippen LogP) is 2.82. The fourth-order valence-electron chi connectivity index (χ4n) is 2.95. The van der Waals surface area contributed by atoms with Gasteiger partial charge in [-0.25, -0.2) is 0 Å². The first kappa shape index (κ1) is 19.2. The van der Waals surface area contributed by atoms with Gasteiger partial charge in [0.05, 0.1) is 10.5 Å². The maximum atomic E-state index is 13.0. The van der Waals surface area contributed by atoms with Crippen LogP contribution in [0.25, 0.3) is 5.57 Å². The van der Waals surface area contributed by atoms with E-state index in [1.54, 1.807) is 19.2 Å². The van der Waals surface area contributed by atoms with Crippen LogP contribution in [0, 0.1) is 10.1 Å². The molecule has 0 fully saturated rings. The van der Waals surface area contributed by atoms with Gasteiger partial charge in [-0.1, -0.05) is 18.2 Å². The largest absolute Gasteiger partial charge is 0.385 e. The molecule has 0 radical (unpaired) electrons. The molecule has 0 saturated carbocycles. The van der Waals surface area contributed by atoms with E-state index in [1.165, 1.54) is 29.2 Å². The summed E-state index contributed by atoms with van der Waals surface area (Å²) in [7, 11) is 1.55. The minimum atomic E-state index is -0.514. The number of nitrogens with one attached hydrogen (secondary N) is 1. The van der Waals surface area contributed by atoms with Crippen molar-refractivity contribution in [1.29, 1.82) is 0 Å². The SMILES string of the molecule is COCCCN1C(=O)C(Nc2ccccc2)=C(c2ccc([N+](=O)[O-])cc2)C1=O. The topological polar surface area (TPSA) is 102 Å². The zero-order chi connectivity index (χ0) is 20.1. The lowest BCUT2D eigenvalue weighted by Gasteiger charge is -2.14. The Kier molecular flexibility index (Phi) is 5.81. The van der Waals surface area contributed by atoms with E-state index in [4.69, 9.17) is 4.74 Å². The van der Waals surface area contributed by atoms with E-state index in [-0.39, 0.29) is 23.5 Å². The molecule has 0 unspecified atom stereocenters. The second-order valence-electron chi connectivity index (χ2n) is 6.15. The highest BCUT2D eigenvalue weighted by molar-refractivity contribution is 6.36. The van der Waals surface area contributed by atoms with Gasteiger partial charge in [0.1, 0.15) is 5.70 Å². The first-order valence-corrected chi connectivity index (χ1v) is 8.69. The van der Waals surface area contributed by atoms with Crippen LogP contribution < -0.4 is 5.32 Å². The van der Waals surface area contributed by atoms with Crippen LogP contribution >= 0.6 is 0 Å². The number of imide groups is 1. The molecule has 8 heteroatoms. The van der Waals surface area contributed by atoms with Crippen LogP contribution in [0.2, 0.25) is 0 Å². The minimum absolute atomic E-state index is 0.0874. The van der Waals surface area contributed by atoms with Gasteiger partial charge >= 0.3 is 0 Å². The molecule has 2 aromatic carbocycles. The van der Waals surface area contributed by atoms with Crippen LogP contribution in [0.15, 0.2) is 60.3 Å². The molecule has 1 aliphatic rings. The molecule has 2 amide bonds. The number of amides is 2. The molecule has 0 spiro atoms. The summed E-state index contributed by atoms with van der Waals surface area (Å²) in [6.45, 7) is 0.646. The summed E-state index contributed by atoms with van der Waals surface area (Å²) in [5.41, 5.74) is 1.37. The molecule has 3 rings (SSSR count). The molecule has 0 atom stereocenters. The van der Waals surface area contributed by atoms with Crippen LogP contribution in [0.5, 0.6) is 0 Å². The van der Waals surface area contributed by atoms with Gasteiger partial charge in [0, 0.05) is 38.1 Å².